The minimum absolute atomic E-state index is 0.489. The van der Waals surface area contributed by atoms with Crippen LogP contribution in [0.1, 0.15) is 12.2 Å². The highest BCUT2D eigenvalue weighted by Crippen LogP contribution is 2.25. The van der Waals surface area contributed by atoms with E-state index in [1.807, 2.05) is 16.7 Å². The Morgan fingerprint density at radius 1 is 1.47 bits per heavy atom. The largest absolute Gasteiger partial charge is 0.379 e. The quantitative estimate of drug-likeness (QED) is 0.691. The van der Waals surface area contributed by atoms with Crippen LogP contribution in [0.25, 0.3) is 5.78 Å². The summed E-state index contributed by atoms with van der Waals surface area (Å²) in [6.45, 7) is 1.16. The lowest BCUT2D eigenvalue weighted by Crippen LogP contribution is -2.39. The molecule has 0 aliphatic carbocycles. The van der Waals surface area contributed by atoms with Gasteiger partial charge in [0.15, 0.2) is 5.82 Å². The summed E-state index contributed by atoms with van der Waals surface area (Å²) in [5.74, 6) is 1.30. The number of rotatable bonds is 1. The fourth-order valence-corrected chi connectivity index (χ4v) is 1.84. The monoisotopic (exact) mass is 205 g/mol. The molecule has 1 aliphatic rings. The van der Waals surface area contributed by atoms with Gasteiger partial charge in [0.2, 0.25) is 0 Å². The highest BCUT2D eigenvalue weighted by molar-refractivity contribution is 5.29. The molecule has 0 saturated carbocycles. The van der Waals surface area contributed by atoms with E-state index in [2.05, 4.69) is 15.2 Å². The van der Waals surface area contributed by atoms with Gasteiger partial charge in [0.1, 0.15) is 5.54 Å². The lowest BCUT2D eigenvalue weighted by Gasteiger charge is -2.18. The van der Waals surface area contributed by atoms with Crippen molar-refractivity contribution < 1.29 is 4.74 Å². The van der Waals surface area contributed by atoms with E-state index in [0.29, 0.717) is 19.0 Å². The van der Waals surface area contributed by atoms with Crippen LogP contribution in [0.3, 0.4) is 0 Å². The molecule has 15 heavy (non-hydrogen) atoms. The number of nitrogens with two attached hydrogens (primary N) is 1. The van der Waals surface area contributed by atoms with Crippen LogP contribution in [-0.4, -0.2) is 32.8 Å². The maximum atomic E-state index is 6.21. The maximum absolute atomic E-state index is 6.21. The second-order valence-electron chi connectivity index (χ2n) is 3.77. The van der Waals surface area contributed by atoms with Gasteiger partial charge in [-0.2, -0.15) is 0 Å². The number of aromatic nitrogens is 4. The molecule has 6 nitrogen and oxygen atoms in total. The van der Waals surface area contributed by atoms with Crippen molar-refractivity contribution in [2.45, 2.75) is 12.0 Å². The van der Waals surface area contributed by atoms with Gasteiger partial charge in [-0.05, 0) is 12.5 Å². The van der Waals surface area contributed by atoms with Gasteiger partial charge in [0.25, 0.3) is 5.78 Å². The maximum Gasteiger partial charge on any atom is 0.255 e. The average molecular weight is 205 g/mol. The zero-order valence-electron chi connectivity index (χ0n) is 8.13. The SMILES string of the molecule is NC1(c2nnc3ncccn23)CCOC1. The van der Waals surface area contributed by atoms with Gasteiger partial charge in [0, 0.05) is 19.0 Å². The van der Waals surface area contributed by atoms with Crippen molar-refractivity contribution in [1.29, 1.82) is 0 Å². The molecule has 0 amide bonds. The Kier molecular flexibility index (Phi) is 1.74. The molecule has 1 saturated heterocycles. The topological polar surface area (TPSA) is 78.3 Å². The van der Waals surface area contributed by atoms with Crippen molar-refractivity contribution in [2.24, 2.45) is 5.73 Å². The van der Waals surface area contributed by atoms with Gasteiger partial charge in [-0.1, -0.05) is 0 Å². The van der Waals surface area contributed by atoms with Crippen LogP contribution in [0.2, 0.25) is 0 Å². The molecule has 0 bridgehead atoms. The number of fused-ring (bicyclic) bond motifs is 1. The number of hydrogen-bond acceptors (Lipinski definition) is 5. The second kappa shape index (κ2) is 2.98. The lowest BCUT2D eigenvalue weighted by atomic mass is 10.00. The van der Waals surface area contributed by atoms with Gasteiger partial charge < -0.3 is 10.5 Å². The molecule has 3 rings (SSSR count). The van der Waals surface area contributed by atoms with Crippen molar-refractivity contribution in [3.05, 3.63) is 24.3 Å². The van der Waals surface area contributed by atoms with Crippen molar-refractivity contribution >= 4 is 5.78 Å². The van der Waals surface area contributed by atoms with Crippen LogP contribution in [0.5, 0.6) is 0 Å². The fraction of sp³-hybridized carbons (Fsp3) is 0.444. The summed E-state index contributed by atoms with van der Waals surface area (Å²) in [5.41, 5.74) is 5.69. The Morgan fingerprint density at radius 2 is 2.40 bits per heavy atom. The number of hydrogen-bond donors (Lipinski definition) is 1. The van der Waals surface area contributed by atoms with Crippen LogP contribution < -0.4 is 5.73 Å². The summed E-state index contributed by atoms with van der Waals surface area (Å²) < 4.78 is 7.12. The predicted molar refractivity (Wildman–Crippen MR) is 52.1 cm³/mol. The second-order valence-corrected chi connectivity index (χ2v) is 3.77. The predicted octanol–water partition coefficient (Wildman–Crippen LogP) is -0.301. The summed E-state index contributed by atoms with van der Waals surface area (Å²) in [7, 11) is 0. The van der Waals surface area contributed by atoms with Crippen molar-refractivity contribution in [2.75, 3.05) is 13.2 Å². The van der Waals surface area contributed by atoms with E-state index in [1.165, 1.54) is 0 Å². The Labute approximate surface area is 86.1 Å². The summed E-state index contributed by atoms with van der Waals surface area (Å²) in [6.07, 6.45) is 4.31. The van der Waals surface area contributed by atoms with Gasteiger partial charge in [0.05, 0.1) is 6.61 Å². The highest BCUT2D eigenvalue weighted by Gasteiger charge is 2.36. The fourth-order valence-electron chi connectivity index (χ4n) is 1.84. The first-order valence-electron chi connectivity index (χ1n) is 4.82. The third-order valence-corrected chi connectivity index (χ3v) is 2.69. The first kappa shape index (κ1) is 8.75. The van der Waals surface area contributed by atoms with E-state index in [4.69, 9.17) is 10.5 Å². The van der Waals surface area contributed by atoms with Crippen molar-refractivity contribution in [3.63, 3.8) is 0 Å². The lowest BCUT2D eigenvalue weighted by molar-refractivity contribution is 0.176. The number of nitrogens with zero attached hydrogens (tertiary/aromatic N) is 4. The van der Waals surface area contributed by atoms with Crippen LogP contribution >= 0.6 is 0 Å². The average Bonchev–Trinajstić information content (AvgIpc) is 2.84. The van der Waals surface area contributed by atoms with E-state index in [-0.39, 0.29) is 0 Å². The van der Waals surface area contributed by atoms with Crippen LogP contribution in [0.4, 0.5) is 0 Å². The molecule has 0 radical (unpaired) electrons. The first-order chi connectivity index (χ1) is 7.30. The van der Waals surface area contributed by atoms with Crippen molar-refractivity contribution in [1.82, 2.24) is 19.6 Å². The molecule has 2 aromatic rings. The summed E-state index contributed by atoms with van der Waals surface area (Å²) in [4.78, 5) is 4.10. The number of ether oxygens (including phenoxy) is 1. The molecule has 1 aliphatic heterocycles. The van der Waals surface area contributed by atoms with Crippen molar-refractivity contribution in [3.8, 4) is 0 Å². The smallest absolute Gasteiger partial charge is 0.255 e. The summed E-state index contributed by atoms with van der Waals surface area (Å²) in [5, 5.41) is 8.07. The summed E-state index contributed by atoms with van der Waals surface area (Å²) >= 11 is 0. The molecule has 0 spiro atoms. The molecular weight excluding hydrogens is 194 g/mol. The third-order valence-electron chi connectivity index (χ3n) is 2.69. The minimum Gasteiger partial charge on any atom is -0.379 e. The van der Waals surface area contributed by atoms with E-state index in [1.54, 1.807) is 6.20 Å². The Balaban J connectivity index is 2.18. The van der Waals surface area contributed by atoms with Crippen LogP contribution in [-0.2, 0) is 10.3 Å². The van der Waals surface area contributed by atoms with E-state index in [0.717, 1.165) is 12.2 Å². The normalized spacial score (nSPS) is 26.2. The van der Waals surface area contributed by atoms with Gasteiger partial charge >= 0.3 is 0 Å². The highest BCUT2D eigenvalue weighted by atomic mass is 16.5. The molecule has 1 atom stereocenters. The molecule has 78 valence electrons. The molecule has 1 fully saturated rings. The standard InChI is InChI=1S/C9H11N5O/c10-9(2-5-15-6-9)7-12-13-8-11-3-1-4-14(7)8/h1,3-4H,2,5-6,10H2. The molecule has 0 aromatic carbocycles. The zero-order chi connectivity index (χ0) is 10.3. The van der Waals surface area contributed by atoms with Gasteiger partial charge in [-0.25, -0.2) is 4.98 Å². The minimum atomic E-state index is -0.525. The Morgan fingerprint density at radius 3 is 3.20 bits per heavy atom. The van der Waals surface area contributed by atoms with E-state index >= 15 is 0 Å². The molecule has 1 unspecified atom stereocenters. The van der Waals surface area contributed by atoms with Crippen LogP contribution in [0, 0.1) is 0 Å². The molecular formula is C9H11N5O. The first-order valence-corrected chi connectivity index (χ1v) is 4.82. The zero-order valence-corrected chi connectivity index (χ0v) is 8.13. The van der Waals surface area contributed by atoms with Crippen LogP contribution in [0.15, 0.2) is 18.5 Å². The Hall–Kier alpha value is -1.53. The third kappa shape index (κ3) is 1.22. The van der Waals surface area contributed by atoms with Gasteiger partial charge in [-0.3, -0.25) is 4.40 Å². The molecule has 2 N–H and O–H groups in total. The molecule has 3 heterocycles. The van der Waals surface area contributed by atoms with E-state index < -0.39 is 5.54 Å². The Bertz CT molecular complexity index is 488. The summed E-state index contributed by atoms with van der Waals surface area (Å²) in [6, 6.07) is 1.83. The van der Waals surface area contributed by atoms with Gasteiger partial charge in [-0.15, -0.1) is 10.2 Å². The molecule has 2 aromatic heterocycles. The van der Waals surface area contributed by atoms with E-state index in [9.17, 15) is 0 Å². The molecule has 6 heteroatoms.